The Hall–Kier alpha value is -0.300. The van der Waals surface area contributed by atoms with E-state index in [0.29, 0.717) is 5.41 Å². The van der Waals surface area contributed by atoms with Gasteiger partial charge in [0.1, 0.15) is 0 Å². The van der Waals surface area contributed by atoms with Crippen LogP contribution < -0.4 is 0 Å². The lowest BCUT2D eigenvalue weighted by atomic mass is 9.90. The first-order valence-electron chi connectivity index (χ1n) is 4.06. The quantitative estimate of drug-likeness (QED) is 0.528. The molecule has 58 valence electrons. The van der Waals surface area contributed by atoms with Crippen molar-refractivity contribution in [3.63, 3.8) is 0 Å². The third-order valence-corrected chi connectivity index (χ3v) is 2.52. The Morgan fingerprint density at radius 2 is 2.40 bits per heavy atom. The molecule has 1 saturated heterocycles. The molecule has 1 nitrogen and oxygen atoms in total. The summed E-state index contributed by atoms with van der Waals surface area (Å²) in [5, 5.41) is 0. The van der Waals surface area contributed by atoms with E-state index in [1.165, 1.54) is 26.1 Å². The lowest BCUT2D eigenvalue weighted by molar-refractivity contribution is 0.323. The Labute approximate surface area is 63.7 Å². The molecule has 0 aromatic carbocycles. The van der Waals surface area contributed by atoms with E-state index < -0.39 is 0 Å². The van der Waals surface area contributed by atoms with Crippen molar-refractivity contribution in [2.75, 3.05) is 19.6 Å². The van der Waals surface area contributed by atoms with Gasteiger partial charge >= 0.3 is 0 Å². The van der Waals surface area contributed by atoms with Gasteiger partial charge in [-0.15, -0.1) is 6.58 Å². The molecule has 1 fully saturated rings. The molecule has 1 aliphatic rings. The maximum atomic E-state index is 3.86. The van der Waals surface area contributed by atoms with Gasteiger partial charge in [0.15, 0.2) is 0 Å². The van der Waals surface area contributed by atoms with E-state index in [0.717, 1.165) is 0 Å². The van der Waals surface area contributed by atoms with Crippen molar-refractivity contribution in [1.29, 1.82) is 0 Å². The van der Waals surface area contributed by atoms with Gasteiger partial charge in [-0.25, -0.2) is 0 Å². The number of nitrogens with zero attached hydrogens (tertiary/aromatic N) is 1. The second kappa shape index (κ2) is 2.75. The second-order valence-electron chi connectivity index (χ2n) is 3.48. The van der Waals surface area contributed by atoms with E-state index in [2.05, 4.69) is 31.4 Å². The summed E-state index contributed by atoms with van der Waals surface area (Å²) in [4.78, 5) is 2.47. The zero-order chi connectivity index (χ0) is 7.61. The van der Waals surface area contributed by atoms with Crippen LogP contribution in [0.5, 0.6) is 0 Å². The van der Waals surface area contributed by atoms with Gasteiger partial charge in [0.05, 0.1) is 0 Å². The van der Waals surface area contributed by atoms with Crippen LogP contribution in [0.25, 0.3) is 0 Å². The zero-order valence-electron chi connectivity index (χ0n) is 7.06. The fourth-order valence-corrected chi connectivity index (χ4v) is 1.52. The Morgan fingerprint density at radius 1 is 1.70 bits per heavy atom. The van der Waals surface area contributed by atoms with Gasteiger partial charge in [0, 0.05) is 6.54 Å². The summed E-state index contributed by atoms with van der Waals surface area (Å²) in [6.45, 7) is 12.0. The molecule has 0 amide bonds. The number of likely N-dealkylation sites (tertiary alicyclic amines) is 1. The molecule has 0 aliphatic carbocycles. The van der Waals surface area contributed by atoms with Crippen molar-refractivity contribution in [2.45, 2.75) is 20.3 Å². The molecule has 1 rings (SSSR count). The molecule has 1 aliphatic heterocycles. The number of hydrogen-bond donors (Lipinski definition) is 0. The van der Waals surface area contributed by atoms with Crippen LogP contribution in [0.4, 0.5) is 0 Å². The minimum atomic E-state index is 0.399. The average Bonchev–Trinajstić information content (AvgIpc) is 2.33. The fourth-order valence-electron chi connectivity index (χ4n) is 1.52. The van der Waals surface area contributed by atoms with Gasteiger partial charge in [-0.2, -0.15) is 0 Å². The predicted octanol–water partition coefficient (Wildman–Crippen LogP) is 1.90. The van der Waals surface area contributed by atoms with E-state index in [1.807, 2.05) is 0 Å². The highest BCUT2D eigenvalue weighted by molar-refractivity contribution is 4.98. The molecule has 0 radical (unpaired) electrons. The molecular weight excluding hydrogens is 122 g/mol. The van der Waals surface area contributed by atoms with Crippen molar-refractivity contribution in [1.82, 2.24) is 4.90 Å². The van der Waals surface area contributed by atoms with Gasteiger partial charge in [-0.05, 0) is 24.9 Å². The Balaban J connectivity index is 2.48. The van der Waals surface area contributed by atoms with Gasteiger partial charge in [-0.1, -0.05) is 19.9 Å². The summed E-state index contributed by atoms with van der Waals surface area (Å²) in [5.74, 6) is 0. The van der Waals surface area contributed by atoms with Crippen molar-refractivity contribution < 1.29 is 0 Å². The van der Waals surface area contributed by atoms with Crippen molar-refractivity contribution in [3.8, 4) is 0 Å². The first-order valence-corrected chi connectivity index (χ1v) is 4.06. The molecule has 1 heterocycles. The third kappa shape index (κ3) is 1.40. The molecule has 0 N–H and O–H groups in total. The molecule has 10 heavy (non-hydrogen) atoms. The van der Waals surface area contributed by atoms with Crippen LogP contribution in [0.15, 0.2) is 12.7 Å². The maximum absolute atomic E-state index is 3.86. The fraction of sp³-hybridized carbons (Fsp3) is 0.778. The minimum Gasteiger partial charge on any atom is -0.303 e. The highest BCUT2D eigenvalue weighted by Gasteiger charge is 2.29. The normalized spacial score (nSPS) is 34.6. The smallest absolute Gasteiger partial charge is 0.00703 e. The standard InChI is InChI=1S/C9H17N/c1-4-9(3)6-7-10(5-2)8-9/h4H,1,5-8H2,2-3H3/t9-/m1/s1. The lowest BCUT2D eigenvalue weighted by Gasteiger charge is -2.18. The summed E-state index contributed by atoms with van der Waals surface area (Å²) in [6.07, 6.45) is 3.38. The topological polar surface area (TPSA) is 3.24 Å². The molecule has 0 aromatic rings. The first-order chi connectivity index (χ1) is 4.70. The van der Waals surface area contributed by atoms with Crippen molar-refractivity contribution >= 4 is 0 Å². The van der Waals surface area contributed by atoms with Gasteiger partial charge in [0.2, 0.25) is 0 Å². The van der Waals surface area contributed by atoms with E-state index in [1.54, 1.807) is 0 Å². The predicted molar refractivity (Wildman–Crippen MR) is 45.0 cm³/mol. The Bertz CT molecular complexity index is 131. The van der Waals surface area contributed by atoms with Crippen molar-refractivity contribution in [3.05, 3.63) is 12.7 Å². The molecule has 0 unspecified atom stereocenters. The molecule has 1 heteroatoms. The number of rotatable bonds is 2. The van der Waals surface area contributed by atoms with Crippen LogP contribution in [0, 0.1) is 5.41 Å². The van der Waals surface area contributed by atoms with E-state index in [9.17, 15) is 0 Å². The average molecular weight is 139 g/mol. The van der Waals surface area contributed by atoms with E-state index >= 15 is 0 Å². The zero-order valence-corrected chi connectivity index (χ0v) is 7.06. The summed E-state index contributed by atoms with van der Waals surface area (Å²) < 4.78 is 0. The largest absolute Gasteiger partial charge is 0.303 e. The van der Waals surface area contributed by atoms with E-state index in [4.69, 9.17) is 0 Å². The molecule has 0 saturated carbocycles. The monoisotopic (exact) mass is 139 g/mol. The van der Waals surface area contributed by atoms with Gasteiger partial charge in [0.25, 0.3) is 0 Å². The van der Waals surface area contributed by atoms with Crippen LogP contribution in [0.3, 0.4) is 0 Å². The van der Waals surface area contributed by atoms with Crippen LogP contribution >= 0.6 is 0 Å². The molecule has 0 spiro atoms. The van der Waals surface area contributed by atoms with Crippen molar-refractivity contribution in [2.24, 2.45) is 5.41 Å². The summed E-state index contributed by atoms with van der Waals surface area (Å²) in [5.41, 5.74) is 0.399. The minimum absolute atomic E-state index is 0.399. The highest BCUT2D eigenvalue weighted by Crippen LogP contribution is 2.30. The van der Waals surface area contributed by atoms with E-state index in [-0.39, 0.29) is 0 Å². The number of hydrogen-bond acceptors (Lipinski definition) is 1. The summed E-state index contributed by atoms with van der Waals surface area (Å²) >= 11 is 0. The maximum Gasteiger partial charge on any atom is 0.00703 e. The summed E-state index contributed by atoms with van der Waals surface area (Å²) in [6, 6.07) is 0. The first kappa shape index (κ1) is 7.80. The van der Waals surface area contributed by atoms with Gasteiger partial charge in [-0.3, -0.25) is 0 Å². The Morgan fingerprint density at radius 3 is 2.70 bits per heavy atom. The lowest BCUT2D eigenvalue weighted by Crippen LogP contribution is -2.23. The van der Waals surface area contributed by atoms with Crippen LogP contribution in [-0.2, 0) is 0 Å². The van der Waals surface area contributed by atoms with Crippen LogP contribution in [-0.4, -0.2) is 24.5 Å². The molecular formula is C9H17N. The van der Waals surface area contributed by atoms with Crippen LogP contribution in [0.1, 0.15) is 20.3 Å². The molecule has 0 aromatic heterocycles. The molecule has 1 atom stereocenters. The Kier molecular flexibility index (Phi) is 2.14. The SMILES string of the molecule is C=C[C@]1(C)CCN(CC)C1. The highest BCUT2D eigenvalue weighted by atomic mass is 15.1. The molecule has 0 bridgehead atoms. The third-order valence-electron chi connectivity index (χ3n) is 2.52. The van der Waals surface area contributed by atoms with Gasteiger partial charge < -0.3 is 4.90 Å². The second-order valence-corrected chi connectivity index (χ2v) is 3.48. The summed E-state index contributed by atoms with van der Waals surface area (Å²) in [7, 11) is 0. The van der Waals surface area contributed by atoms with Crippen LogP contribution in [0.2, 0.25) is 0 Å².